The quantitative estimate of drug-likeness (QED) is 0.785. The highest BCUT2D eigenvalue weighted by molar-refractivity contribution is 5.80. The van der Waals surface area contributed by atoms with E-state index in [0.717, 1.165) is 16.9 Å². The fourth-order valence-electron chi connectivity index (χ4n) is 2.23. The number of likely N-dealkylation sites (N-methyl/N-ethyl adjacent to an activating group) is 1. The molecule has 118 valence electrons. The van der Waals surface area contributed by atoms with Gasteiger partial charge in [-0.25, -0.2) is 4.79 Å². The molecule has 1 aromatic carbocycles. The number of benzene rings is 1. The Morgan fingerprint density at radius 1 is 1.19 bits per heavy atom. The third-order valence-corrected chi connectivity index (χ3v) is 3.67. The predicted molar refractivity (Wildman–Crippen MR) is 84.9 cm³/mol. The lowest BCUT2D eigenvalue weighted by atomic mass is 10.0. The average Bonchev–Trinajstić information content (AvgIpc) is 2.43. The zero-order valence-corrected chi connectivity index (χ0v) is 14.0. The van der Waals surface area contributed by atoms with Gasteiger partial charge in [0.15, 0.2) is 0 Å². The highest BCUT2D eigenvalue weighted by atomic mass is 16.5. The second-order valence-electron chi connectivity index (χ2n) is 5.53. The second-order valence-corrected chi connectivity index (χ2v) is 5.53. The average molecular weight is 293 g/mol. The van der Waals surface area contributed by atoms with Crippen molar-refractivity contribution in [2.75, 3.05) is 19.8 Å². The highest BCUT2D eigenvalue weighted by Crippen LogP contribution is 2.26. The van der Waals surface area contributed by atoms with E-state index in [0.29, 0.717) is 13.2 Å². The SMILES string of the molecule is CCNC(C)(COc1c(C)ccc(C)c1C)C(=O)OCC. The van der Waals surface area contributed by atoms with Crippen LogP contribution >= 0.6 is 0 Å². The van der Waals surface area contributed by atoms with Gasteiger partial charge in [0.25, 0.3) is 0 Å². The first-order valence-corrected chi connectivity index (χ1v) is 7.47. The molecule has 4 heteroatoms. The number of rotatable bonds is 7. The largest absolute Gasteiger partial charge is 0.490 e. The van der Waals surface area contributed by atoms with Gasteiger partial charge >= 0.3 is 5.97 Å². The van der Waals surface area contributed by atoms with Crippen molar-refractivity contribution in [2.45, 2.75) is 47.1 Å². The fraction of sp³-hybridized carbons (Fsp3) is 0.588. The molecule has 0 aliphatic rings. The van der Waals surface area contributed by atoms with Crippen LogP contribution in [-0.4, -0.2) is 31.3 Å². The minimum atomic E-state index is -0.840. The van der Waals surface area contributed by atoms with Gasteiger partial charge in [-0.2, -0.15) is 0 Å². The van der Waals surface area contributed by atoms with Crippen LogP contribution in [0.2, 0.25) is 0 Å². The molecule has 1 N–H and O–H groups in total. The molecule has 1 atom stereocenters. The molecule has 0 fully saturated rings. The Labute approximate surface area is 127 Å². The van der Waals surface area contributed by atoms with Crippen LogP contribution in [0.4, 0.5) is 0 Å². The Morgan fingerprint density at radius 2 is 1.81 bits per heavy atom. The molecule has 1 unspecified atom stereocenters. The molecule has 0 amide bonds. The summed E-state index contributed by atoms with van der Waals surface area (Å²) in [6.45, 7) is 13.0. The van der Waals surface area contributed by atoms with E-state index in [-0.39, 0.29) is 12.6 Å². The molecule has 0 radical (unpaired) electrons. The van der Waals surface area contributed by atoms with Gasteiger partial charge in [0.1, 0.15) is 17.9 Å². The van der Waals surface area contributed by atoms with Crippen molar-refractivity contribution in [3.63, 3.8) is 0 Å². The van der Waals surface area contributed by atoms with Crippen molar-refractivity contribution in [1.82, 2.24) is 5.32 Å². The van der Waals surface area contributed by atoms with Crippen LogP contribution in [-0.2, 0) is 9.53 Å². The number of esters is 1. The lowest BCUT2D eigenvalue weighted by molar-refractivity contribution is -0.151. The van der Waals surface area contributed by atoms with Gasteiger partial charge in [-0.1, -0.05) is 19.1 Å². The summed E-state index contributed by atoms with van der Waals surface area (Å²) in [6.07, 6.45) is 0. The van der Waals surface area contributed by atoms with Crippen molar-refractivity contribution in [1.29, 1.82) is 0 Å². The number of hydrogen-bond acceptors (Lipinski definition) is 4. The molecule has 0 aromatic heterocycles. The van der Waals surface area contributed by atoms with Crippen molar-refractivity contribution in [3.05, 3.63) is 28.8 Å². The lowest BCUT2D eigenvalue weighted by Gasteiger charge is -2.28. The molecule has 1 rings (SSSR count). The topological polar surface area (TPSA) is 47.6 Å². The fourth-order valence-corrected chi connectivity index (χ4v) is 2.23. The van der Waals surface area contributed by atoms with Gasteiger partial charge < -0.3 is 9.47 Å². The first kappa shape index (κ1) is 17.5. The summed E-state index contributed by atoms with van der Waals surface area (Å²) in [4.78, 5) is 12.1. The highest BCUT2D eigenvalue weighted by Gasteiger charge is 2.35. The summed E-state index contributed by atoms with van der Waals surface area (Å²) in [6, 6.07) is 4.11. The maximum Gasteiger partial charge on any atom is 0.329 e. The van der Waals surface area contributed by atoms with Crippen molar-refractivity contribution >= 4 is 5.97 Å². The maximum atomic E-state index is 12.1. The van der Waals surface area contributed by atoms with Crippen LogP contribution in [0.5, 0.6) is 5.75 Å². The molecule has 0 aliphatic carbocycles. The van der Waals surface area contributed by atoms with E-state index in [1.165, 1.54) is 5.56 Å². The first-order chi connectivity index (χ1) is 9.85. The summed E-state index contributed by atoms with van der Waals surface area (Å²) in [5.41, 5.74) is 2.52. The molecule has 1 aromatic rings. The van der Waals surface area contributed by atoms with Gasteiger partial charge in [0.05, 0.1) is 6.61 Å². The molecule has 0 saturated carbocycles. The van der Waals surface area contributed by atoms with E-state index in [2.05, 4.69) is 18.3 Å². The predicted octanol–water partition coefficient (Wildman–Crippen LogP) is 2.92. The van der Waals surface area contributed by atoms with Crippen LogP contribution < -0.4 is 10.1 Å². The standard InChI is InChI=1S/C17H27NO3/c1-7-18-17(6,16(19)20-8-2)11-21-15-13(4)10-9-12(3)14(15)5/h9-10,18H,7-8,11H2,1-6H3. The van der Waals surface area contributed by atoms with E-state index in [9.17, 15) is 4.79 Å². The molecule has 0 saturated heterocycles. The molecule has 0 heterocycles. The molecular weight excluding hydrogens is 266 g/mol. The number of ether oxygens (including phenoxy) is 2. The molecule has 21 heavy (non-hydrogen) atoms. The number of hydrogen-bond donors (Lipinski definition) is 1. The first-order valence-electron chi connectivity index (χ1n) is 7.47. The van der Waals surface area contributed by atoms with Gasteiger partial charge in [-0.05, 0) is 57.9 Å². The minimum Gasteiger partial charge on any atom is -0.490 e. The summed E-state index contributed by atoms with van der Waals surface area (Å²) in [5, 5.41) is 3.17. The van der Waals surface area contributed by atoms with Crippen LogP contribution in [0.15, 0.2) is 12.1 Å². The monoisotopic (exact) mass is 293 g/mol. The van der Waals surface area contributed by atoms with Crippen LogP contribution in [0, 0.1) is 20.8 Å². The zero-order chi connectivity index (χ0) is 16.0. The van der Waals surface area contributed by atoms with E-state index in [4.69, 9.17) is 9.47 Å². The smallest absolute Gasteiger partial charge is 0.329 e. The minimum absolute atomic E-state index is 0.241. The number of carbonyl (C=O) groups excluding carboxylic acids is 1. The Balaban J connectivity index is 2.92. The summed E-state index contributed by atoms with van der Waals surface area (Å²) in [5.74, 6) is 0.568. The molecule has 0 bridgehead atoms. The summed E-state index contributed by atoms with van der Waals surface area (Å²) in [7, 11) is 0. The van der Waals surface area contributed by atoms with Crippen LogP contribution in [0.25, 0.3) is 0 Å². The van der Waals surface area contributed by atoms with Gasteiger partial charge in [-0.15, -0.1) is 0 Å². The molecule has 0 aliphatic heterocycles. The Hall–Kier alpha value is -1.55. The Bertz CT molecular complexity index is 499. The van der Waals surface area contributed by atoms with E-state index < -0.39 is 5.54 Å². The van der Waals surface area contributed by atoms with Crippen LogP contribution in [0.3, 0.4) is 0 Å². The molecule has 0 spiro atoms. The third-order valence-electron chi connectivity index (χ3n) is 3.67. The second kappa shape index (κ2) is 7.46. The summed E-state index contributed by atoms with van der Waals surface area (Å²) >= 11 is 0. The van der Waals surface area contributed by atoms with E-state index in [1.54, 1.807) is 6.92 Å². The third kappa shape index (κ3) is 4.21. The Morgan fingerprint density at radius 3 is 2.38 bits per heavy atom. The van der Waals surface area contributed by atoms with E-state index >= 15 is 0 Å². The maximum absolute atomic E-state index is 12.1. The van der Waals surface area contributed by atoms with Crippen LogP contribution in [0.1, 0.15) is 37.5 Å². The zero-order valence-electron chi connectivity index (χ0n) is 14.0. The lowest BCUT2D eigenvalue weighted by Crippen LogP contribution is -2.54. The van der Waals surface area contributed by atoms with Gasteiger partial charge in [0.2, 0.25) is 0 Å². The van der Waals surface area contributed by atoms with Gasteiger partial charge in [0, 0.05) is 0 Å². The normalized spacial score (nSPS) is 13.6. The number of nitrogens with one attached hydrogen (secondary N) is 1. The van der Waals surface area contributed by atoms with Crippen molar-refractivity contribution in [2.24, 2.45) is 0 Å². The van der Waals surface area contributed by atoms with Crippen molar-refractivity contribution < 1.29 is 14.3 Å². The molecular formula is C17H27NO3. The van der Waals surface area contributed by atoms with Crippen molar-refractivity contribution in [3.8, 4) is 5.75 Å². The number of aryl methyl sites for hydroxylation is 2. The Kier molecular flexibility index (Phi) is 6.21. The molecule has 4 nitrogen and oxygen atoms in total. The number of carbonyl (C=O) groups is 1. The summed E-state index contributed by atoms with van der Waals surface area (Å²) < 4.78 is 11.1. The van der Waals surface area contributed by atoms with E-state index in [1.807, 2.05) is 33.8 Å². The van der Waals surface area contributed by atoms with Gasteiger partial charge in [-0.3, -0.25) is 5.32 Å².